The summed E-state index contributed by atoms with van der Waals surface area (Å²) in [4.78, 5) is 14.7. The van der Waals surface area contributed by atoms with E-state index in [1.54, 1.807) is 24.3 Å². The number of aromatic nitrogens is 4. The van der Waals surface area contributed by atoms with Crippen LogP contribution in [0, 0.1) is 0 Å². The van der Waals surface area contributed by atoms with Crippen molar-refractivity contribution in [1.82, 2.24) is 20.2 Å². The van der Waals surface area contributed by atoms with Gasteiger partial charge in [-0.2, -0.15) is 13.2 Å². The second-order valence-electron chi connectivity index (χ2n) is 6.59. The Kier molecular flexibility index (Phi) is 5.36. The molecule has 1 amide bonds. The van der Waals surface area contributed by atoms with Crippen LogP contribution in [0.1, 0.15) is 15.9 Å². The summed E-state index contributed by atoms with van der Waals surface area (Å²) >= 11 is 0. The number of alkyl halides is 3. The molecule has 0 unspecified atom stereocenters. The van der Waals surface area contributed by atoms with Crippen molar-refractivity contribution in [2.75, 3.05) is 36.5 Å². The van der Waals surface area contributed by atoms with E-state index in [1.807, 2.05) is 4.90 Å². The molecular formula is C19H17F3N6O2. The second kappa shape index (κ2) is 8.11. The number of tetrazole rings is 1. The topological polar surface area (TPSA) is 85.2 Å². The Bertz CT molecular complexity index is 1030. The largest absolute Gasteiger partial charge is 0.416 e. The minimum Gasteiger partial charge on any atom is -0.378 e. The van der Waals surface area contributed by atoms with E-state index in [2.05, 4.69) is 20.8 Å². The zero-order valence-electron chi connectivity index (χ0n) is 15.6. The van der Waals surface area contributed by atoms with Gasteiger partial charge in [-0.25, -0.2) is 4.68 Å². The third-order valence-electron chi connectivity index (χ3n) is 4.65. The molecule has 4 rings (SSSR count). The molecule has 3 aromatic rings. The molecule has 1 N–H and O–H groups in total. The fourth-order valence-corrected chi connectivity index (χ4v) is 3.16. The molecule has 0 aliphatic carbocycles. The molecule has 11 heteroatoms. The Morgan fingerprint density at radius 2 is 1.90 bits per heavy atom. The Labute approximate surface area is 169 Å². The molecule has 30 heavy (non-hydrogen) atoms. The minimum absolute atomic E-state index is 0.0875. The average Bonchev–Trinajstić information content (AvgIpc) is 3.29. The van der Waals surface area contributed by atoms with Gasteiger partial charge in [-0.15, -0.1) is 5.10 Å². The van der Waals surface area contributed by atoms with Crippen LogP contribution >= 0.6 is 0 Å². The van der Waals surface area contributed by atoms with Gasteiger partial charge in [-0.3, -0.25) is 4.79 Å². The number of ether oxygens (including phenoxy) is 1. The normalized spacial score (nSPS) is 14.6. The van der Waals surface area contributed by atoms with Crippen molar-refractivity contribution in [3.05, 3.63) is 59.9 Å². The van der Waals surface area contributed by atoms with E-state index in [9.17, 15) is 18.0 Å². The van der Waals surface area contributed by atoms with Crippen LogP contribution in [-0.4, -0.2) is 52.4 Å². The summed E-state index contributed by atoms with van der Waals surface area (Å²) in [7, 11) is 0. The van der Waals surface area contributed by atoms with E-state index in [0.717, 1.165) is 12.1 Å². The number of carbonyl (C=O) groups is 1. The Morgan fingerprint density at radius 3 is 2.60 bits per heavy atom. The first kappa shape index (κ1) is 19.8. The van der Waals surface area contributed by atoms with E-state index in [-0.39, 0.29) is 11.3 Å². The molecule has 0 radical (unpaired) electrons. The van der Waals surface area contributed by atoms with Crippen molar-refractivity contribution in [3.63, 3.8) is 0 Å². The van der Waals surface area contributed by atoms with Gasteiger partial charge in [0.05, 0.1) is 35.8 Å². The standard InChI is InChI=1S/C19H17F3N6O2/c20-19(21,22)14-4-5-17(27-6-8-30-9-7-27)16(11-14)24-18(29)13-2-1-3-15(10-13)28-12-23-25-26-28/h1-5,10-12H,6-9H2,(H,24,29). The second-order valence-corrected chi connectivity index (χ2v) is 6.59. The zero-order valence-corrected chi connectivity index (χ0v) is 15.6. The van der Waals surface area contributed by atoms with Gasteiger partial charge in [0.2, 0.25) is 0 Å². The molecule has 0 atom stereocenters. The van der Waals surface area contributed by atoms with Gasteiger partial charge in [0, 0.05) is 18.7 Å². The summed E-state index contributed by atoms with van der Waals surface area (Å²) in [6.45, 7) is 1.96. The van der Waals surface area contributed by atoms with Crippen molar-refractivity contribution >= 4 is 17.3 Å². The van der Waals surface area contributed by atoms with Crippen molar-refractivity contribution in [1.29, 1.82) is 0 Å². The van der Waals surface area contributed by atoms with Crippen LogP contribution in [0.3, 0.4) is 0 Å². The number of morpholine rings is 1. The summed E-state index contributed by atoms with van der Waals surface area (Å²) < 4.78 is 46.4. The number of anilines is 2. The molecule has 1 saturated heterocycles. The van der Waals surface area contributed by atoms with E-state index < -0.39 is 17.6 Å². The Morgan fingerprint density at radius 1 is 1.10 bits per heavy atom. The van der Waals surface area contributed by atoms with Gasteiger partial charge < -0.3 is 15.0 Å². The van der Waals surface area contributed by atoms with Crippen molar-refractivity contribution in [2.24, 2.45) is 0 Å². The van der Waals surface area contributed by atoms with Crippen LogP contribution in [0.4, 0.5) is 24.5 Å². The highest BCUT2D eigenvalue weighted by atomic mass is 19.4. The number of carbonyl (C=O) groups excluding carboxylic acids is 1. The predicted octanol–water partition coefficient (Wildman–Crippen LogP) is 2.77. The van der Waals surface area contributed by atoms with Gasteiger partial charge in [0.15, 0.2) is 0 Å². The third-order valence-corrected chi connectivity index (χ3v) is 4.65. The van der Waals surface area contributed by atoms with Crippen molar-refractivity contribution in [2.45, 2.75) is 6.18 Å². The van der Waals surface area contributed by atoms with E-state index >= 15 is 0 Å². The molecule has 1 aromatic heterocycles. The maximum atomic E-state index is 13.2. The van der Waals surface area contributed by atoms with E-state index in [4.69, 9.17) is 4.74 Å². The summed E-state index contributed by atoms with van der Waals surface area (Å²) in [6.07, 6.45) is -3.15. The number of halogens is 3. The van der Waals surface area contributed by atoms with E-state index in [0.29, 0.717) is 37.7 Å². The first-order valence-corrected chi connectivity index (χ1v) is 9.10. The molecule has 0 spiro atoms. The maximum absolute atomic E-state index is 13.2. The van der Waals surface area contributed by atoms with Crippen LogP contribution in [0.15, 0.2) is 48.8 Å². The highest BCUT2D eigenvalue weighted by Crippen LogP contribution is 2.36. The first-order valence-electron chi connectivity index (χ1n) is 9.10. The third kappa shape index (κ3) is 4.25. The van der Waals surface area contributed by atoms with Crippen LogP contribution in [0.5, 0.6) is 0 Å². The fourth-order valence-electron chi connectivity index (χ4n) is 3.16. The highest BCUT2D eigenvalue weighted by molar-refractivity contribution is 6.06. The molecule has 156 valence electrons. The average molecular weight is 418 g/mol. The number of nitrogens with one attached hydrogen (secondary N) is 1. The Hall–Kier alpha value is -3.47. The van der Waals surface area contributed by atoms with E-state index in [1.165, 1.54) is 17.1 Å². The van der Waals surface area contributed by atoms with Gasteiger partial charge in [-0.05, 0) is 46.8 Å². The predicted molar refractivity (Wildman–Crippen MR) is 102 cm³/mol. The summed E-state index contributed by atoms with van der Waals surface area (Å²) in [6, 6.07) is 9.80. The maximum Gasteiger partial charge on any atom is 0.416 e. The fraction of sp³-hybridized carbons (Fsp3) is 0.263. The molecule has 0 saturated carbocycles. The van der Waals surface area contributed by atoms with Crippen molar-refractivity contribution < 1.29 is 22.7 Å². The molecular weight excluding hydrogens is 401 g/mol. The summed E-state index contributed by atoms with van der Waals surface area (Å²) in [5.41, 5.74) is 0.566. The zero-order chi connectivity index (χ0) is 21.1. The molecule has 1 aliphatic heterocycles. The van der Waals surface area contributed by atoms with Crippen molar-refractivity contribution in [3.8, 4) is 5.69 Å². The van der Waals surface area contributed by atoms with Crippen LogP contribution in [0.2, 0.25) is 0 Å². The lowest BCUT2D eigenvalue weighted by Crippen LogP contribution is -2.36. The number of nitrogens with zero attached hydrogens (tertiary/aromatic N) is 5. The SMILES string of the molecule is O=C(Nc1cc(C(F)(F)F)ccc1N1CCOCC1)c1cccc(-n2cnnn2)c1. The number of rotatable bonds is 4. The van der Waals surface area contributed by atoms with Gasteiger partial charge in [0.1, 0.15) is 6.33 Å². The molecule has 2 heterocycles. The number of benzene rings is 2. The van der Waals surface area contributed by atoms with Gasteiger partial charge >= 0.3 is 6.18 Å². The quantitative estimate of drug-likeness (QED) is 0.702. The molecule has 0 bridgehead atoms. The summed E-state index contributed by atoms with van der Waals surface area (Å²) in [5, 5.41) is 13.5. The highest BCUT2D eigenvalue weighted by Gasteiger charge is 2.32. The van der Waals surface area contributed by atoms with Crippen LogP contribution < -0.4 is 10.2 Å². The molecule has 1 fully saturated rings. The monoisotopic (exact) mass is 418 g/mol. The molecule has 1 aliphatic rings. The number of amides is 1. The smallest absolute Gasteiger partial charge is 0.378 e. The number of hydrogen-bond donors (Lipinski definition) is 1. The first-order chi connectivity index (χ1) is 14.4. The summed E-state index contributed by atoms with van der Waals surface area (Å²) in [5.74, 6) is -0.543. The number of hydrogen-bond acceptors (Lipinski definition) is 6. The van der Waals surface area contributed by atoms with Crippen LogP contribution in [-0.2, 0) is 10.9 Å². The molecule has 2 aromatic carbocycles. The molecule has 8 nitrogen and oxygen atoms in total. The Balaban J connectivity index is 1.65. The lowest BCUT2D eigenvalue weighted by atomic mass is 10.1. The van der Waals surface area contributed by atoms with Crippen LogP contribution in [0.25, 0.3) is 5.69 Å². The van der Waals surface area contributed by atoms with Gasteiger partial charge in [-0.1, -0.05) is 6.07 Å². The lowest BCUT2D eigenvalue weighted by Gasteiger charge is -2.31. The van der Waals surface area contributed by atoms with Gasteiger partial charge in [0.25, 0.3) is 5.91 Å². The minimum atomic E-state index is -4.52. The lowest BCUT2D eigenvalue weighted by molar-refractivity contribution is -0.137.